The molecule has 0 aromatic heterocycles. The van der Waals surface area contributed by atoms with Crippen LogP contribution >= 0.6 is 0 Å². The highest BCUT2D eigenvalue weighted by molar-refractivity contribution is 5.97. The molecular formula is C31H28F2O. The van der Waals surface area contributed by atoms with Crippen LogP contribution in [0.5, 0.6) is 0 Å². The third-order valence-electron chi connectivity index (χ3n) is 6.09. The lowest BCUT2D eigenvalue weighted by atomic mass is 9.76. The molecule has 0 heterocycles. The Morgan fingerprint density at radius 3 is 1.21 bits per heavy atom. The fraction of sp³-hybridized carbons (Fsp3) is 0.194. The van der Waals surface area contributed by atoms with Crippen LogP contribution in [0.25, 0.3) is 0 Å². The van der Waals surface area contributed by atoms with Crippen LogP contribution in [0.4, 0.5) is 8.78 Å². The van der Waals surface area contributed by atoms with Crippen molar-refractivity contribution in [2.24, 2.45) is 0 Å². The standard InChI is InChI=1S/C31H28F2O/c1-19-11-20(2)14-25(13-19)29(23-7-5-9-27(32)17-23)31(34)30(24-8-6-10-28(33)18-24)26-15-21(3)12-22(4)16-26/h5-18,29-30H,1-4H3. The summed E-state index contributed by atoms with van der Waals surface area (Å²) in [5, 5.41) is 0. The maximum Gasteiger partial charge on any atom is 0.156 e. The highest BCUT2D eigenvalue weighted by atomic mass is 19.1. The van der Waals surface area contributed by atoms with Gasteiger partial charge in [0, 0.05) is 0 Å². The van der Waals surface area contributed by atoms with E-state index in [1.807, 2.05) is 64.1 Å². The minimum Gasteiger partial charge on any atom is -0.298 e. The average Bonchev–Trinajstić information content (AvgIpc) is 2.73. The smallest absolute Gasteiger partial charge is 0.156 e. The third-order valence-corrected chi connectivity index (χ3v) is 6.09. The van der Waals surface area contributed by atoms with Crippen molar-refractivity contribution in [3.05, 3.63) is 141 Å². The average molecular weight is 455 g/mol. The molecule has 2 atom stereocenters. The van der Waals surface area contributed by atoms with Crippen molar-refractivity contribution < 1.29 is 13.6 Å². The van der Waals surface area contributed by atoms with E-state index >= 15 is 0 Å². The molecule has 0 N–H and O–H groups in total. The van der Waals surface area contributed by atoms with Gasteiger partial charge < -0.3 is 0 Å². The largest absolute Gasteiger partial charge is 0.298 e. The summed E-state index contributed by atoms with van der Waals surface area (Å²) in [5.41, 5.74) is 6.88. The normalized spacial score (nSPS) is 12.9. The van der Waals surface area contributed by atoms with Crippen molar-refractivity contribution in [1.82, 2.24) is 0 Å². The molecule has 34 heavy (non-hydrogen) atoms. The lowest BCUT2D eigenvalue weighted by molar-refractivity contribution is -0.120. The van der Waals surface area contributed by atoms with Crippen molar-refractivity contribution in [2.75, 3.05) is 0 Å². The number of halogens is 2. The lowest BCUT2D eigenvalue weighted by Gasteiger charge is -2.25. The van der Waals surface area contributed by atoms with Crippen LogP contribution in [0.2, 0.25) is 0 Å². The summed E-state index contributed by atoms with van der Waals surface area (Å²) in [6, 6.07) is 24.4. The van der Waals surface area contributed by atoms with Crippen LogP contribution in [0.1, 0.15) is 56.3 Å². The number of Topliss-reactive ketones (excluding diaryl/α,β-unsaturated/α-hetero) is 1. The molecular weight excluding hydrogens is 426 g/mol. The number of hydrogen-bond donors (Lipinski definition) is 0. The van der Waals surface area contributed by atoms with Gasteiger partial charge in [-0.1, -0.05) is 82.9 Å². The highest BCUT2D eigenvalue weighted by Gasteiger charge is 2.33. The van der Waals surface area contributed by atoms with Crippen molar-refractivity contribution in [1.29, 1.82) is 0 Å². The molecule has 4 aromatic rings. The van der Waals surface area contributed by atoms with E-state index in [9.17, 15) is 13.6 Å². The second-order valence-corrected chi connectivity index (χ2v) is 9.22. The maximum atomic E-state index is 14.5. The minimum atomic E-state index is -0.705. The molecule has 0 aliphatic heterocycles. The quantitative estimate of drug-likeness (QED) is 0.291. The fourth-order valence-corrected chi connectivity index (χ4v) is 4.93. The highest BCUT2D eigenvalue weighted by Crippen LogP contribution is 2.37. The summed E-state index contributed by atoms with van der Waals surface area (Å²) in [5.74, 6) is -2.32. The van der Waals surface area contributed by atoms with Gasteiger partial charge in [-0.15, -0.1) is 0 Å². The molecule has 0 aliphatic rings. The van der Waals surface area contributed by atoms with E-state index in [-0.39, 0.29) is 5.78 Å². The summed E-state index contributed by atoms with van der Waals surface area (Å²) in [4.78, 5) is 14.5. The van der Waals surface area contributed by atoms with Gasteiger partial charge >= 0.3 is 0 Å². The van der Waals surface area contributed by atoms with Crippen LogP contribution < -0.4 is 0 Å². The zero-order valence-electron chi connectivity index (χ0n) is 19.9. The van der Waals surface area contributed by atoms with Gasteiger partial charge in [0.15, 0.2) is 5.78 Å². The first-order valence-corrected chi connectivity index (χ1v) is 11.4. The lowest BCUT2D eigenvalue weighted by Crippen LogP contribution is -2.23. The molecule has 1 nitrogen and oxygen atoms in total. The Morgan fingerprint density at radius 1 is 0.529 bits per heavy atom. The number of aryl methyl sites for hydroxylation is 4. The summed E-state index contributed by atoms with van der Waals surface area (Å²) in [6.07, 6.45) is 0. The molecule has 4 aromatic carbocycles. The first-order chi connectivity index (χ1) is 16.2. The van der Waals surface area contributed by atoms with Gasteiger partial charge in [0.05, 0.1) is 11.8 Å². The number of carbonyl (C=O) groups is 1. The number of rotatable bonds is 6. The summed E-state index contributed by atoms with van der Waals surface area (Å²) in [7, 11) is 0. The molecule has 3 heteroatoms. The van der Waals surface area contributed by atoms with Gasteiger partial charge in [0.25, 0.3) is 0 Å². The van der Waals surface area contributed by atoms with Gasteiger partial charge in [0.1, 0.15) is 11.6 Å². The Balaban J connectivity index is 1.96. The molecule has 0 saturated heterocycles. The van der Waals surface area contributed by atoms with Gasteiger partial charge in [0.2, 0.25) is 0 Å². The van der Waals surface area contributed by atoms with Gasteiger partial charge in [-0.05, 0) is 74.2 Å². The predicted molar refractivity (Wildman–Crippen MR) is 133 cm³/mol. The Labute approximate surface area is 200 Å². The number of carbonyl (C=O) groups excluding carboxylic acids is 1. The summed E-state index contributed by atoms with van der Waals surface area (Å²) in [6.45, 7) is 7.93. The summed E-state index contributed by atoms with van der Waals surface area (Å²) >= 11 is 0. The van der Waals surface area contributed by atoms with E-state index in [0.717, 1.165) is 33.4 Å². The number of ketones is 1. The maximum absolute atomic E-state index is 14.5. The van der Waals surface area contributed by atoms with Gasteiger partial charge in [-0.3, -0.25) is 4.79 Å². The minimum absolute atomic E-state index is 0.119. The number of benzene rings is 4. The topological polar surface area (TPSA) is 17.1 Å². The molecule has 0 spiro atoms. The second-order valence-electron chi connectivity index (χ2n) is 9.22. The zero-order chi connectivity index (χ0) is 24.4. The first kappa shape index (κ1) is 23.6. The zero-order valence-corrected chi connectivity index (χ0v) is 19.9. The Morgan fingerprint density at radius 2 is 0.882 bits per heavy atom. The van der Waals surface area contributed by atoms with Gasteiger partial charge in [-0.25, -0.2) is 8.78 Å². The molecule has 0 aliphatic carbocycles. The predicted octanol–water partition coefficient (Wildman–Crippen LogP) is 7.73. The molecule has 0 radical (unpaired) electrons. The third kappa shape index (κ3) is 5.14. The number of hydrogen-bond acceptors (Lipinski definition) is 1. The Bertz CT molecular complexity index is 1210. The summed E-state index contributed by atoms with van der Waals surface area (Å²) < 4.78 is 28.6. The van der Waals surface area contributed by atoms with Crippen LogP contribution in [-0.4, -0.2) is 5.78 Å². The van der Waals surface area contributed by atoms with Crippen LogP contribution in [0, 0.1) is 39.3 Å². The molecule has 0 bridgehead atoms. The van der Waals surface area contributed by atoms with Crippen LogP contribution in [-0.2, 0) is 4.79 Å². The van der Waals surface area contributed by atoms with Crippen LogP contribution in [0.3, 0.4) is 0 Å². The van der Waals surface area contributed by atoms with Crippen LogP contribution in [0.15, 0.2) is 84.9 Å². The molecule has 2 unspecified atom stereocenters. The van der Waals surface area contributed by atoms with E-state index in [0.29, 0.717) is 11.1 Å². The van der Waals surface area contributed by atoms with Crippen molar-refractivity contribution in [3.63, 3.8) is 0 Å². The SMILES string of the molecule is Cc1cc(C)cc(C(C(=O)C(c2cc(C)cc(C)c2)c2cccc(F)c2)c2cccc(F)c2)c1. The Kier molecular flexibility index (Phi) is 6.74. The van der Waals surface area contributed by atoms with Crippen molar-refractivity contribution in [2.45, 2.75) is 39.5 Å². The second kappa shape index (κ2) is 9.72. The molecule has 0 amide bonds. The molecule has 172 valence electrons. The van der Waals surface area contributed by atoms with E-state index in [2.05, 4.69) is 0 Å². The molecule has 0 fully saturated rings. The van der Waals surface area contributed by atoms with E-state index in [1.54, 1.807) is 24.3 Å². The first-order valence-electron chi connectivity index (χ1n) is 11.4. The van der Waals surface area contributed by atoms with Crippen molar-refractivity contribution >= 4 is 5.78 Å². The molecule has 4 rings (SSSR count). The van der Waals surface area contributed by atoms with E-state index in [4.69, 9.17) is 0 Å². The fourth-order valence-electron chi connectivity index (χ4n) is 4.93. The van der Waals surface area contributed by atoms with E-state index < -0.39 is 23.5 Å². The Hall–Kier alpha value is -3.59. The van der Waals surface area contributed by atoms with E-state index in [1.165, 1.54) is 24.3 Å². The van der Waals surface area contributed by atoms with Gasteiger partial charge in [-0.2, -0.15) is 0 Å². The molecule has 0 saturated carbocycles. The van der Waals surface area contributed by atoms with Crippen molar-refractivity contribution in [3.8, 4) is 0 Å². The monoisotopic (exact) mass is 454 g/mol.